The fourth-order valence-electron chi connectivity index (χ4n) is 3.45. The van der Waals surface area contributed by atoms with Crippen LogP contribution in [0.4, 0.5) is 16.2 Å². The van der Waals surface area contributed by atoms with Gasteiger partial charge in [0.05, 0.1) is 17.9 Å². The fourth-order valence-corrected chi connectivity index (χ4v) is 4.53. The Kier molecular flexibility index (Phi) is 4.59. The molecule has 3 heterocycles. The summed E-state index contributed by atoms with van der Waals surface area (Å²) in [5.74, 6) is 0. The molecule has 0 atom stereocenters. The number of anilines is 2. The van der Waals surface area contributed by atoms with Gasteiger partial charge in [-0.2, -0.15) is 0 Å². The molecule has 4 aromatic rings. The third-order valence-corrected chi connectivity index (χ3v) is 5.97. The number of aromatic nitrogens is 1. The molecule has 0 saturated carbocycles. The van der Waals surface area contributed by atoms with Gasteiger partial charge in [-0.05, 0) is 47.3 Å². The van der Waals surface area contributed by atoms with Gasteiger partial charge in [0.1, 0.15) is 0 Å². The van der Waals surface area contributed by atoms with Crippen molar-refractivity contribution in [1.82, 2.24) is 15.7 Å². The number of hydrogen-bond donors (Lipinski definition) is 4. The van der Waals surface area contributed by atoms with Gasteiger partial charge in [0.15, 0.2) is 0 Å². The summed E-state index contributed by atoms with van der Waals surface area (Å²) >= 11 is 1.75. The Balaban J connectivity index is 1.41. The SMILES string of the molecule is O=C(NCc1ccccn1)Nc1cc2c(c(-c3cc4ccccc4s3)c1)NNC2. The molecule has 6 nitrogen and oxygen atoms in total. The molecule has 7 heteroatoms. The number of amides is 2. The van der Waals surface area contributed by atoms with Gasteiger partial charge in [-0.3, -0.25) is 4.98 Å². The largest absolute Gasteiger partial charge is 0.332 e. The number of nitrogens with zero attached hydrogens (tertiary/aromatic N) is 1. The topological polar surface area (TPSA) is 78.1 Å². The molecule has 0 fully saturated rings. The number of fused-ring (bicyclic) bond motifs is 2. The Morgan fingerprint density at radius 2 is 2.00 bits per heavy atom. The van der Waals surface area contributed by atoms with Gasteiger partial charge in [-0.25, -0.2) is 10.2 Å². The molecule has 4 N–H and O–H groups in total. The van der Waals surface area contributed by atoms with Crippen molar-refractivity contribution in [3.63, 3.8) is 0 Å². The Bertz CT molecular complexity index is 1160. The first-order valence-electron chi connectivity index (χ1n) is 9.36. The molecule has 2 aromatic carbocycles. The molecule has 0 spiro atoms. The molecule has 1 aliphatic heterocycles. The summed E-state index contributed by atoms with van der Waals surface area (Å²) in [6.07, 6.45) is 1.71. The summed E-state index contributed by atoms with van der Waals surface area (Å²) in [6, 6.07) is 19.9. The summed E-state index contributed by atoms with van der Waals surface area (Å²) in [6.45, 7) is 1.09. The van der Waals surface area contributed by atoms with Crippen molar-refractivity contribution < 1.29 is 4.79 Å². The highest BCUT2D eigenvalue weighted by Crippen LogP contribution is 2.41. The van der Waals surface area contributed by atoms with Crippen LogP contribution in [0.15, 0.2) is 66.9 Å². The van der Waals surface area contributed by atoms with E-state index in [1.807, 2.05) is 36.4 Å². The van der Waals surface area contributed by atoms with Crippen molar-refractivity contribution in [1.29, 1.82) is 0 Å². The van der Waals surface area contributed by atoms with Crippen LogP contribution in [-0.2, 0) is 13.1 Å². The van der Waals surface area contributed by atoms with Crippen molar-refractivity contribution in [2.24, 2.45) is 0 Å². The second-order valence-corrected chi connectivity index (χ2v) is 7.90. The van der Waals surface area contributed by atoms with E-state index in [9.17, 15) is 4.79 Å². The van der Waals surface area contributed by atoms with E-state index in [4.69, 9.17) is 0 Å². The maximum Gasteiger partial charge on any atom is 0.319 e. The van der Waals surface area contributed by atoms with Crippen molar-refractivity contribution in [2.45, 2.75) is 13.1 Å². The van der Waals surface area contributed by atoms with E-state index in [0.29, 0.717) is 13.1 Å². The predicted octanol–water partition coefficient (Wildman–Crippen LogP) is 4.72. The van der Waals surface area contributed by atoms with Crippen LogP contribution in [0.25, 0.3) is 20.5 Å². The van der Waals surface area contributed by atoms with Crippen LogP contribution in [-0.4, -0.2) is 11.0 Å². The maximum absolute atomic E-state index is 12.4. The van der Waals surface area contributed by atoms with E-state index in [1.54, 1.807) is 17.5 Å². The zero-order valence-electron chi connectivity index (χ0n) is 15.5. The van der Waals surface area contributed by atoms with Crippen molar-refractivity contribution in [3.8, 4) is 10.4 Å². The second-order valence-electron chi connectivity index (χ2n) is 6.81. The first kappa shape index (κ1) is 17.7. The average molecular weight is 401 g/mol. The molecule has 0 unspecified atom stereocenters. The number of thiophene rings is 1. The van der Waals surface area contributed by atoms with Gasteiger partial charge < -0.3 is 16.1 Å². The van der Waals surface area contributed by atoms with Gasteiger partial charge in [-0.1, -0.05) is 24.3 Å². The summed E-state index contributed by atoms with van der Waals surface area (Å²) in [4.78, 5) is 17.8. The molecule has 1 aliphatic rings. The van der Waals surface area contributed by atoms with E-state index in [-0.39, 0.29) is 6.03 Å². The molecule has 0 radical (unpaired) electrons. The number of benzene rings is 2. The summed E-state index contributed by atoms with van der Waals surface area (Å²) in [5.41, 5.74) is 11.3. The number of nitrogens with one attached hydrogen (secondary N) is 4. The molecule has 0 saturated heterocycles. The van der Waals surface area contributed by atoms with Crippen LogP contribution in [0.2, 0.25) is 0 Å². The smallest absolute Gasteiger partial charge is 0.319 e. The number of pyridine rings is 1. The summed E-state index contributed by atoms with van der Waals surface area (Å²) in [7, 11) is 0. The Morgan fingerprint density at radius 1 is 1.10 bits per heavy atom. The summed E-state index contributed by atoms with van der Waals surface area (Å²) in [5, 5.41) is 7.03. The molecule has 2 amide bonds. The Hall–Kier alpha value is -3.42. The minimum absolute atomic E-state index is 0.253. The highest BCUT2D eigenvalue weighted by atomic mass is 32.1. The summed E-state index contributed by atoms with van der Waals surface area (Å²) < 4.78 is 1.24. The van der Waals surface area contributed by atoms with E-state index in [0.717, 1.165) is 33.1 Å². The third-order valence-electron chi connectivity index (χ3n) is 4.82. The highest BCUT2D eigenvalue weighted by Gasteiger charge is 2.19. The van der Waals surface area contributed by atoms with Crippen LogP contribution < -0.4 is 21.5 Å². The first-order valence-corrected chi connectivity index (χ1v) is 10.2. The number of rotatable bonds is 4. The Labute approximate surface area is 172 Å². The predicted molar refractivity (Wildman–Crippen MR) is 118 cm³/mol. The van der Waals surface area contributed by atoms with Gasteiger partial charge in [-0.15, -0.1) is 11.3 Å². The molecule has 5 rings (SSSR count). The molecule has 144 valence electrons. The van der Waals surface area contributed by atoms with Gasteiger partial charge in [0.25, 0.3) is 0 Å². The molecule has 29 heavy (non-hydrogen) atoms. The average Bonchev–Trinajstić information content (AvgIpc) is 3.39. The zero-order chi connectivity index (χ0) is 19.6. The minimum atomic E-state index is -0.253. The standard InChI is InChI=1S/C22H19N5OS/c28-22(24-13-16-6-3-4-8-23-16)26-17-9-15-12-25-27-21(15)18(11-17)20-10-14-5-1-2-7-19(14)29-20/h1-11,25,27H,12-13H2,(H2,24,26,28). The lowest BCUT2D eigenvalue weighted by Crippen LogP contribution is -2.28. The third kappa shape index (κ3) is 3.65. The lowest BCUT2D eigenvalue weighted by atomic mass is 10.0. The van der Waals surface area contributed by atoms with Crippen LogP contribution in [0.1, 0.15) is 11.3 Å². The van der Waals surface area contributed by atoms with E-state index < -0.39 is 0 Å². The first-order chi connectivity index (χ1) is 14.3. The Morgan fingerprint density at radius 3 is 2.86 bits per heavy atom. The number of hydrogen-bond acceptors (Lipinski definition) is 5. The maximum atomic E-state index is 12.4. The molecule has 0 aliphatic carbocycles. The van der Waals surface area contributed by atoms with Crippen LogP contribution in [0, 0.1) is 0 Å². The van der Waals surface area contributed by atoms with E-state index in [2.05, 4.69) is 50.7 Å². The molecule has 2 aromatic heterocycles. The van der Waals surface area contributed by atoms with Gasteiger partial charge in [0.2, 0.25) is 0 Å². The number of urea groups is 1. The van der Waals surface area contributed by atoms with E-state index in [1.165, 1.54) is 10.1 Å². The molecular weight excluding hydrogens is 382 g/mol. The minimum Gasteiger partial charge on any atom is -0.332 e. The van der Waals surface area contributed by atoms with Crippen LogP contribution >= 0.6 is 11.3 Å². The molecular formula is C22H19N5OS. The van der Waals surface area contributed by atoms with Gasteiger partial charge >= 0.3 is 6.03 Å². The fraction of sp³-hybridized carbons (Fsp3) is 0.0909. The van der Waals surface area contributed by atoms with Crippen molar-refractivity contribution in [2.75, 3.05) is 10.7 Å². The number of carbonyl (C=O) groups is 1. The molecule has 0 bridgehead atoms. The monoisotopic (exact) mass is 401 g/mol. The van der Waals surface area contributed by atoms with Crippen LogP contribution in [0.5, 0.6) is 0 Å². The zero-order valence-corrected chi connectivity index (χ0v) is 16.3. The van der Waals surface area contributed by atoms with E-state index >= 15 is 0 Å². The van der Waals surface area contributed by atoms with Crippen LogP contribution in [0.3, 0.4) is 0 Å². The second kappa shape index (κ2) is 7.54. The quantitative estimate of drug-likeness (QED) is 0.399. The van der Waals surface area contributed by atoms with Crippen molar-refractivity contribution in [3.05, 3.63) is 78.1 Å². The number of carbonyl (C=O) groups excluding carboxylic acids is 1. The lowest BCUT2D eigenvalue weighted by molar-refractivity contribution is 0.251. The van der Waals surface area contributed by atoms with Gasteiger partial charge in [0, 0.05) is 33.6 Å². The normalized spacial score (nSPS) is 12.4. The number of hydrazine groups is 1. The highest BCUT2D eigenvalue weighted by molar-refractivity contribution is 7.22. The van der Waals surface area contributed by atoms with Crippen molar-refractivity contribution >= 4 is 38.8 Å². The lowest BCUT2D eigenvalue weighted by Gasteiger charge is -2.12.